The number of benzene rings is 1. The molecule has 3 amide bonds. The fourth-order valence-electron chi connectivity index (χ4n) is 3.62. The minimum Gasteiger partial charge on any atom is -0.406 e. The fraction of sp³-hybridized carbons (Fsp3) is 0.458. The second-order valence-corrected chi connectivity index (χ2v) is 16.4. The van der Waals surface area contributed by atoms with Crippen molar-refractivity contribution in [2.45, 2.75) is 38.1 Å². The van der Waals surface area contributed by atoms with Crippen molar-refractivity contribution < 1.29 is 37.0 Å². The average Bonchev–Trinajstić information content (AvgIpc) is 2.81. The molecule has 0 saturated carbocycles. The van der Waals surface area contributed by atoms with Crippen molar-refractivity contribution in [2.24, 2.45) is 0 Å². The van der Waals surface area contributed by atoms with Gasteiger partial charge in [0.2, 0.25) is 5.91 Å². The second kappa shape index (κ2) is 12.4. The molecular formula is C24H30BrF3N4O5Si. The third-order valence-electron chi connectivity index (χ3n) is 5.56. The summed E-state index contributed by atoms with van der Waals surface area (Å²) in [5.41, 5.74) is 0.898. The van der Waals surface area contributed by atoms with Gasteiger partial charge in [0.25, 0.3) is 0 Å². The monoisotopic (exact) mass is 618 g/mol. The van der Waals surface area contributed by atoms with Gasteiger partial charge < -0.3 is 19.5 Å². The van der Waals surface area contributed by atoms with Gasteiger partial charge in [0.1, 0.15) is 19.0 Å². The van der Waals surface area contributed by atoms with Crippen LogP contribution in [0.5, 0.6) is 5.75 Å². The molecule has 2 heterocycles. The van der Waals surface area contributed by atoms with Crippen molar-refractivity contribution in [3.63, 3.8) is 0 Å². The van der Waals surface area contributed by atoms with E-state index in [1.807, 2.05) is 0 Å². The molecule has 208 valence electrons. The number of aromatic nitrogens is 1. The molecule has 1 atom stereocenters. The van der Waals surface area contributed by atoms with Crippen molar-refractivity contribution in [3.05, 3.63) is 46.6 Å². The van der Waals surface area contributed by atoms with Crippen LogP contribution in [0, 0.1) is 0 Å². The molecule has 9 nitrogen and oxygen atoms in total. The Kier molecular flexibility index (Phi) is 9.78. The summed E-state index contributed by atoms with van der Waals surface area (Å²) < 4.78 is 53.0. The van der Waals surface area contributed by atoms with Gasteiger partial charge in [-0.1, -0.05) is 31.8 Å². The maximum absolute atomic E-state index is 13.3. The molecule has 0 spiro atoms. The number of methoxy groups -OCH3 is 1. The first-order valence-corrected chi connectivity index (χ1v) is 16.2. The molecule has 1 unspecified atom stereocenters. The molecule has 0 radical (unpaired) electrons. The number of nitrogens with one attached hydrogen (secondary N) is 1. The molecule has 38 heavy (non-hydrogen) atoms. The van der Waals surface area contributed by atoms with Crippen molar-refractivity contribution in [2.75, 3.05) is 43.4 Å². The molecule has 0 aliphatic carbocycles. The number of alkyl halides is 3. The number of ether oxygens (including phenoxy) is 3. The lowest BCUT2D eigenvalue weighted by Gasteiger charge is -2.35. The highest BCUT2D eigenvalue weighted by atomic mass is 79.9. The molecule has 14 heteroatoms. The summed E-state index contributed by atoms with van der Waals surface area (Å²) in [6.07, 6.45) is -3.30. The second-order valence-electron chi connectivity index (χ2n) is 9.83. The minimum atomic E-state index is -4.81. The Morgan fingerprint density at radius 2 is 1.92 bits per heavy atom. The summed E-state index contributed by atoms with van der Waals surface area (Å²) >= 11 is 3.37. The van der Waals surface area contributed by atoms with E-state index in [2.05, 4.69) is 50.6 Å². The van der Waals surface area contributed by atoms with Gasteiger partial charge in [-0.15, -0.1) is 13.2 Å². The van der Waals surface area contributed by atoms with E-state index in [-0.39, 0.29) is 37.4 Å². The lowest BCUT2D eigenvalue weighted by Crippen LogP contribution is -2.53. The van der Waals surface area contributed by atoms with Crippen LogP contribution in [-0.4, -0.2) is 65.0 Å². The molecule has 0 fully saturated rings. The number of amides is 3. The highest BCUT2D eigenvalue weighted by Gasteiger charge is 2.35. The van der Waals surface area contributed by atoms with E-state index in [4.69, 9.17) is 9.47 Å². The van der Waals surface area contributed by atoms with Gasteiger partial charge in [-0.05, 0) is 45.7 Å². The summed E-state index contributed by atoms with van der Waals surface area (Å²) in [5.74, 6) is -0.470. The van der Waals surface area contributed by atoms with Crippen LogP contribution in [0.25, 0.3) is 0 Å². The van der Waals surface area contributed by atoms with Crippen LogP contribution >= 0.6 is 15.9 Å². The van der Waals surface area contributed by atoms with Crippen molar-refractivity contribution in [3.8, 4) is 5.75 Å². The Morgan fingerprint density at radius 3 is 2.53 bits per heavy atom. The number of carbonyl (C=O) groups is 2. The normalized spacial score (nSPS) is 14.8. The van der Waals surface area contributed by atoms with E-state index in [1.54, 1.807) is 6.07 Å². The van der Waals surface area contributed by atoms with Crippen LogP contribution in [0.15, 0.2) is 41.0 Å². The number of hydrogen-bond donors (Lipinski definition) is 1. The zero-order valence-electron chi connectivity index (χ0n) is 21.5. The highest BCUT2D eigenvalue weighted by Crippen LogP contribution is 2.34. The Hall–Kier alpha value is -2.68. The predicted molar refractivity (Wildman–Crippen MR) is 142 cm³/mol. The van der Waals surface area contributed by atoms with Gasteiger partial charge in [0, 0.05) is 32.5 Å². The number of hydrogen-bond acceptors (Lipinski definition) is 6. The summed E-state index contributed by atoms with van der Waals surface area (Å²) in [6.45, 7) is 7.01. The van der Waals surface area contributed by atoms with Crippen molar-refractivity contribution >= 4 is 47.4 Å². The number of fused-ring (bicyclic) bond motifs is 1. The lowest BCUT2D eigenvalue weighted by molar-refractivity contribution is -0.274. The van der Waals surface area contributed by atoms with Crippen LogP contribution in [0.2, 0.25) is 25.7 Å². The molecule has 1 aliphatic rings. The van der Waals surface area contributed by atoms with Crippen molar-refractivity contribution in [1.82, 2.24) is 10.3 Å². The molecular weight excluding hydrogens is 589 g/mol. The van der Waals surface area contributed by atoms with Gasteiger partial charge in [-0.2, -0.15) is 0 Å². The quantitative estimate of drug-likeness (QED) is 0.287. The number of halogens is 4. The number of nitrogens with zero attached hydrogens (tertiary/aromatic N) is 3. The maximum Gasteiger partial charge on any atom is 0.573 e. The number of pyridine rings is 1. The highest BCUT2D eigenvalue weighted by molar-refractivity contribution is 9.10. The number of urea groups is 1. The van der Waals surface area contributed by atoms with Gasteiger partial charge in [-0.3, -0.25) is 14.6 Å². The third kappa shape index (κ3) is 8.41. The van der Waals surface area contributed by atoms with E-state index < -0.39 is 26.5 Å². The van der Waals surface area contributed by atoms with Crippen LogP contribution in [-0.2, 0) is 14.3 Å². The van der Waals surface area contributed by atoms with Crippen LogP contribution in [0.4, 0.5) is 29.5 Å². The molecule has 0 bridgehead atoms. The summed E-state index contributed by atoms with van der Waals surface area (Å²) in [7, 11) is 0.121. The van der Waals surface area contributed by atoms with Gasteiger partial charge in [0.05, 0.1) is 18.3 Å². The standard InChI is InChI=1S/C24H30BrF3N4O5Si/c1-35-14-19(16-5-7-18(8-6-16)37-24(26,27)28)30-23(34)31-13-21(33)32(15-36-9-10-38(2,3)4)20-11-17(25)12-29-22(20)31/h5-8,11-12,19H,9-10,13-15H2,1-4H3,(H,30,34). The lowest BCUT2D eigenvalue weighted by atomic mass is 10.1. The average molecular weight is 620 g/mol. The Morgan fingerprint density at radius 1 is 1.24 bits per heavy atom. The van der Waals surface area contributed by atoms with E-state index in [1.165, 1.54) is 35.2 Å². The molecule has 0 saturated heterocycles. The first-order chi connectivity index (χ1) is 17.8. The van der Waals surface area contributed by atoms with E-state index >= 15 is 0 Å². The smallest absolute Gasteiger partial charge is 0.406 e. The molecule has 1 aromatic heterocycles. The van der Waals surface area contributed by atoms with Crippen LogP contribution in [0.3, 0.4) is 0 Å². The van der Waals surface area contributed by atoms with Crippen LogP contribution in [0.1, 0.15) is 11.6 Å². The SMILES string of the molecule is COCC(NC(=O)N1CC(=O)N(COCC[Si](C)(C)C)c2cc(Br)cnc21)c1ccc(OC(F)(F)F)cc1. The fourth-order valence-corrected chi connectivity index (χ4v) is 4.69. The van der Waals surface area contributed by atoms with E-state index in [0.717, 1.165) is 18.2 Å². The summed E-state index contributed by atoms with van der Waals surface area (Å²) in [4.78, 5) is 33.4. The zero-order valence-corrected chi connectivity index (χ0v) is 24.1. The third-order valence-corrected chi connectivity index (χ3v) is 7.70. The molecule has 1 aromatic carbocycles. The zero-order chi connectivity index (χ0) is 28.1. The molecule has 2 aromatic rings. The summed E-state index contributed by atoms with van der Waals surface area (Å²) in [5, 5.41) is 2.78. The molecule has 3 rings (SSSR count). The minimum absolute atomic E-state index is 0.0303. The molecule has 1 N–H and O–H groups in total. The topological polar surface area (TPSA) is 93.2 Å². The summed E-state index contributed by atoms with van der Waals surface area (Å²) in [6, 6.07) is 6.39. The Balaban J connectivity index is 1.77. The van der Waals surface area contributed by atoms with E-state index in [0.29, 0.717) is 22.3 Å². The maximum atomic E-state index is 13.3. The number of anilines is 2. The van der Waals surface area contributed by atoms with Gasteiger partial charge in [0.15, 0.2) is 5.82 Å². The van der Waals surface area contributed by atoms with E-state index in [9.17, 15) is 22.8 Å². The van der Waals surface area contributed by atoms with Crippen LogP contribution < -0.4 is 19.9 Å². The molecule has 1 aliphatic heterocycles. The predicted octanol–water partition coefficient (Wildman–Crippen LogP) is 5.31. The Labute approximate surface area is 228 Å². The first kappa shape index (κ1) is 29.9. The van der Waals surface area contributed by atoms with Gasteiger partial charge >= 0.3 is 12.4 Å². The number of carbonyl (C=O) groups excluding carboxylic acids is 2. The van der Waals surface area contributed by atoms with Crippen molar-refractivity contribution in [1.29, 1.82) is 0 Å². The first-order valence-electron chi connectivity index (χ1n) is 11.7. The number of rotatable bonds is 10. The Bertz CT molecular complexity index is 1130. The largest absolute Gasteiger partial charge is 0.573 e. The van der Waals surface area contributed by atoms with Gasteiger partial charge in [-0.25, -0.2) is 9.78 Å².